The maximum atomic E-state index is 5.53. The molecule has 3 heteroatoms. The summed E-state index contributed by atoms with van der Waals surface area (Å²) in [5.74, 6) is 0. The number of benzene rings is 1. The SMILES string of the molecule is Cc1cc(Br)ccc1N[C@@H]1CCO[C@@H]1C. The van der Waals surface area contributed by atoms with Gasteiger partial charge < -0.3 is 10.1 Å². The minimum absolute atomic E-state index is 0.313. The van der Waals surface area contributed by atoms with Gasteiger partial charge in [0.25, 0.3) is 0 Å². The minimum atomic E-state index is 0.313. The van der Waals surface area contributed by atoms with Crippen LogP contribution in [0.1, 0.15) is 18.9 Å². The van der Waals surface area contributed by atoms with E-state index in [9.17, 15) is 0 Å². The highest BCUT2D eigenvalue weighted by Gasteiger charge is 2.24. The highest BCUT2D eigenvalue weighted by atomic mass is 79.9. The molecule has 2 atom stereocenters. The summed E-state index contributed by atoms with van der Waals surface area (Å²) in [6.07, 6.45) is 1.41. The Morgan fingerprint density at radius 1 is 1.47 bits per heavy atom. The first-order chi connectivity index (χ1) is 7.16. The molecule has 1 N–H and O–H groups in total. The fraction of sp³-hybridized carbons (Fsp3) is 0.500. The molecule has 0 aliphatic carbocycles. The van der Waals surface area contributed by atoms with Crippen LogP contribution < -0.4 is 5.32 Å². The third kappa shape index (κ3) is 2.52. The van der Waals surface area contributed by atoms with E-state index in [4.69, 9.17) is 4.74 Å². The van der Waals surface area contributed by atoms with E-state index in [2.05, 4.69) is 53.3 Å². The van der Waals surface area contributed by atoms with Crippen LogP contribution in [0, 0.1) is 6.92 Å². The maximum Gasteiger partial charge on any atom is 0.0748 e. The fourth-order valence-electron chi connectivity index (χ4n) is 1.91. The quantitative estimate of drug-likeness (QED) is 0.889. The van der Waals surface area contributed by atoms with Crippen LogP contribution in [-0.4, -0.2) is 18.8 Å². The number of ether oxygens (including phenoxy) is 1. The fourth-order valence-corrected chi connectivity index (χ4v) is 2.39. The maximum absolute atomic E-state index is 5.53. The van der Waals surface area contributed by atoms with Crippen molar-refractivity contribution >= 4 is 21.6 Å². The Bertz CT molecular complexity index is 353. The molecule has 1 aliphatic heterocycles. The summed E-state index contributed by atoms with van der Waals surface area (Å²) < 4.78 is 6.66. The summed E-state index contributed by atoms with van der Waals surface area (Å²) in [7, 11) is 0. The van der Waals surface area contributed by atoms with Crippen LogP contribution >= 0.6 is 15.9 Å². The van der Waals surface area contributed by atoms with E-state index in [1.165, 1.54) is 11.3 Å². The molecule has 0 unspecified atom stereocenters. The van der Waals surface area contributed by atoms with Crippen molar-refractivity contribution in [1.82, 2.24) is 0 Å². The molecule has 1 fully saturated rings. The number of hydrogen-bond donors (Lipinski definition) is 1. The summed E-state index contributed by atoms with van der Waals surface area (Å²) in [6.45, 7) is 5.11. The molecule has 1 aromatic rings. The smallest absolute Gasteiger partial charge is 0.0748 e. The van der Waals surface area contributed by atoms with Gasteiger partial charge >= 0.3 is 0 Å². The lowest BCUT2D eigenvalue weighted by atomic mass is 10.1. The van der Waals surface area contributed by atoms with E-state index in [1.54, 1.807) is 0 Å². The van der Waals surface area contributed by atoms with Crippen molar-refractivity contribution in [2.75, 3.05) is 11.9 Å². The van der Waals surface area contributed by atoms with Crippen molar-refractivity contribution in [3.8, 4) is 0 Å². The van der Waals surface area contributed by atoms with Crippen LogP contribution in [0.25, 0.3) is 0 Å². The second-order valence-corrected chi connectivity index (χ2v) is 4.99. The Morgan fingerprint density at radius 3 is 2.87 bits per heavy atom. The molecule has 1 aliphatic rings. The summed E-state index contributed by atoms with van der Waals surface area (Å²) in [4.78, 5) is 0. The first-order valence-corrected chi connectivity index (χ1v) is 6.10. The standard InChI is InChI=1S/C12H16BrNO/c1-8-7-10(13)3-4-11(8)14-12-5-6-15-9(12)2/h3-4,7,9,12,14H,5-6H2,1-2H3/t9-,12-/m1/s1. The monoisotopic (exact) mass is 269 g/mol. The van der Waals surface area contributed by atoms with Crippen LogP contribution in [0.4, 0.5) is 5.69 Å². The van der Waals surface area contributed by atoms with Crippen molar-refractivity contribution in [2.45, 2.75) is 32.4 Å². The minimum Gasteiger partial charge on any atom is -0.379 e. The van der Waals surface area contributed by atoms with Gasteiger partial charge in [-0.3, -0.25) is 0 Å². The van der Waals surface area contributed by atoms with Gasteiger partial charge in [-0.2, -0.15) is 0 Å². The lowest BCUT2D eigenvalue weighted by Crippen LogP contribution is -2.26. The van der Waals surface area contributed by atoms with Gasteiger partial charge in [-0.25, -0.2) is 0 Å². The zero-order chi connectivity index (χ0) is 10.8. The number of rotatable bonds is 2. The molecule has 1 heterocycles. The van der Waals surface area contributed by atoms with Crippen LogP contribution in [0.2, 0.25) is 0 Å². The first-order valence-electron chi connectivity index (χ1n) is 5.31. The molecule has 0 aromatic heterocycles. The van der Waals surface area contributed by atoms with E-state index in [0.717, 1.165) is 17.5 Å². The molecule has 1 saturated heterocycles. The van der Waals surface area contributed by atoms with Crippen molar-refractivity contribution < 1.29 is 4.74 Å². The second-order valence-electron chi connectivity index (χ2n) is 4.07. The van der Waals surface area contributed by atoms with Gasteiger partial charge in [0.1, 0.15) is 0 Å². The molecule has 1 aromatic carbocycles. The van der Waals surface area contributed by atoms with Crippen LogP contribution in [0.5, 0.6) is 0 Å². The zero-order valence-corrected chi connectivity index (χ0v) is 10.7. The summed E-state index contributed by atoms with van der Waals surface area (Å²) in [5, 5.41) is 3.54. The summed E-state index contributed by atoms with van der Waals surface area (Å²) in [5.41, 5.74) is 2.48. The molecule has 0 saturated carbocycles. The van der Waals surface area contributed by atoms with Crippen molar-refractivity contribution in [3.63, 3.8) is 0 Å². The highest BCUT2D eigenvalue weighted by molar-refractivity contribution is 9.10. The third-order valence-electron chi connectivity index (χ3n) is 2.91. The van der Waals surface area contributed by atoms with Gasteiger partial charge in [0.2, 0.25) is 0 Å². The largest absolute Gasteiger partial charge is 0.379 e. The Labute approximate surface area is 99.1 Å². The Hall–Kier alpha value is -0.540. The average molecular weight is 270 g/mol. The van der Waals surface area contributed by atoms with Gasteiger partial charge in [-0.05, 0) is 44.0 Å². The lowest BCUT2D eigenvalue weighted by Gasteiger charge is -2.19. The van der Waals surface area contributed by atoms with Crippen molar-refractivity contribution in [3.05, 3.63) is 28.2 Å². The number of aryl methyl sites for hydroxylation is 1. The number of hydrogen-bond acceptors (Lipinski definition) is 2. The molecule has 0 radical (unpaired) electrons. The Morgan fingerprint density at radius 2 is 2.27 bits per heavy atom. The van der Waals surface area contributed by atoms with Gasteiger partial charge in [-0.1, -0.05) is 15.9 Å². The zero-order valence-electron chi connectivity index (χ0n) is 9.09. The summed E-state index contributed by atoms with van der Waals surface area (Å²) >= 11 is 3.47. The predicted molar refractivity (Wildman–Crippen MR) is 66.3 cm³/mol. The van der Waals surface area contributed by atoms with E-state index in [0.29, 0.717) is 12.1 Å². The summed E-state index contributed by atoms with van der Waals surface area (Å²) in [6, 6.07) is 6.76. The lowest BCUT2D eigenvalue weighted by molar-refractivity contribution is 0.121. The Balaban J connectivity index is 2.10. The van der Waals surface area contributed by atoms with E-state index in [-0.39, 0.29) is 0 Å². The molecule has 0 spiro atoms. The third-order valence-corrected chi connectivity index (χ3v) is 3.40. The predicted octanol–water partition coefficient (Wildman–Crippen LogP) is 3.35. The Kier molecular flexibility index (Phi) is 3.32. The van der Waals surface area contributed by atoms with Crippen molar-refractivity contribution in [1.29, 1.82) is 0 Å². The first kappa shape index (κ1) is 11.0. The van der Waals surface area contributed by atoms with Gasteiger partial charge in [-0.15, -0.1) is 0 Å². The van der Waals surface area contributed by atoms with Crippen LogP contribution in [0.15, 0.2) is 22.7 Å². The molecule has 0 amide bonds. The molecular weight excluding hydrogens is 254 g/mol. The topological polar surface area (TPSA) is 21.3 Å². The van der Waals surface area contributed by atoms with Gasteiger partial charge in [0, 0.05) is 16.8 Å². The number of halogens is 1. The van der Waals surface area contributed by atoms with Crippen LogP contribution in [0.3, 0.4) is 0 Å². The van der Waals surface area contributed by atoms with Crippen LogP contribution in [-0.2, 0) is 4.74 Å². The molecule has 2 nitrogen and oxygen atoms in total. The van der Waals surface area contributed by atoms with Gasteiger partial charge in [0.15, 0.2) is 0 Å². The molecular formula is C12H16BrNO. The van der Waals surface area contributed by atoms with E-state index < -0.39 is 0 Å². The molecule has 0 bridgehead atoms. The van der Waals surface area contributed by atoms with E-state index in [1.807, 2.05) is 0 Å². The second kappa shape index (κ2) is 4.54. The van der Waals surface area contributed by atoms with Crippen molar-refractivity contribution in [2.24, 2.45) is 0 Å². The van der Waals surface area contributed by atoms with Gasteiger partial charge in [0.05, 0.1) is 12.1 Å². The molecule has 15 heavy (non-hydrogen) atoms. The molecule has 2 rings (SSSR count). The molecule has 82 valence electrons. The highest BCUT2D eigenvalue weighted by Crippen LogP contribution is 2.24. The average Bonchev–Trinajstić information content (AvgIpc) is 2.57. The number of nitrogens with one attached hydrogen (secondary N) is 1. The normalized spacial score (nSPS) is 25.5. The van der Waals surface area contributed by atoms with E-state index >= 15 is 0 Å². The number of anilines is 1.